The van der Waals surface area contributed by atoms with E-state index in [2.05, 4.69) is 34.7 Å². The van der Waals surface area contributed by atoms with Gasteiger partial charge in [-0.2, -0.15) is 0 Å². The first-order chi connectivity index (χ1) is 12.6. The molecule has 0 saturated carbocycles. The summed E-state index contributed by atoms with van der Waals surface area (Å²) in [5.74, 6) is 0.0546. The molecule has 26 heavy (non-hydrogen) atoms. The maximum Gasteiger partial charge on any atom is 0.228 e. The lowest BCUT2D eigenvalue weighted by Crippen LogP contribution is -2.15. The van der Waals surface area contributed by atoms with Crippen LogP contribution in [0.5, 0.6) is 0 Å². The molecule has 1 heterocycles. The van der Waals surface area contributed by atoms with Crippen LogP contribution in [0.4, 0.5) is 15.9 Å². The maximum absolute atomic E-state index is 13.6. The summed E-state index contributed by atoms with van der Waals surface area (Å²) < 4.78 is 13.6. The predicted molar refractivity (Wildman–Crippen MR) is 101 cm³/mol. The highest BCUT2D eigenvalue weighted by Crippen LogP contribution is 2.18. The SMILES string of the molecule is CC(Nc1ccc(NC(=O)Cc2ccccc2F)cn1)c1ccccc1. The fraction of sp³-hybridized carbons (Fsp3) is 0.143. The van der Waals surface area contributed by atoms with Gasteiger partial charge in [-0.3, -0.25) is 4.79 Å². The minimum Gasteiger partial charge on any atom is -0.364 e. The number of carbonyl (C=O) groups excluding carboxylic acids is 1. The Morgan fingerprint density at radius 1 is 1.04 bits per heavy atom. The van der Waals surface area contributed by atoms with Gasteiger partial charge in [0, 0.05) is 6.04 Å². The lowest BCUT2D eigenvalue weighted by Gasteiger charge is -2.15. The van der Waals surface area contributed by atoms with Crippen LogP contribution in [0.15, 0.2) is 72.9 Å². The number of pyridine rings is 1. The third-order valence-corrected chi connectivity index (χ3v) is 4.02. The first-order valence-corrected chi connectivity index (χ1v) is 8.42. The van der Waals surface area contributed by atoms with Crippen LogP contribution >= 0.6 is 0 Å². The van der Waals surface area contributed by atoms with E-state index in [0.717, 1.165) is 5.56 Å². The van der Waals surface area contributed by atoms with Crippen LogP contribution in [-0.2, 0) is 11.2 Å². The fourth-order valence-corrected chi connectivity index (χ4v) is 2.62. The van der Waals surface area contributed by atoms with Crippen molar-refractivity contribution in [2.75, 3.05) is 10.6 Å². The highest BCUT2D eigenvalue weighted by molar-refractivity contribution is 5.92. The molecular weight excluding hydrogens is 329 g/mol. The van der Waals surface area contributed by atoms with Crippen molar-refractivity contribution < 1.29 is 9.18 Å². The van der Waals surface area contributed by atoms with Gasteiger partial charge in [-0.25, -0.2) is 9.37 Å². The van der Waals surface area contributed by atoms with Crippen molar-refractivity contribution in [1.82, 2.24) is 4.98 Å². The van der Waals surface area contributed by atoms with Gasteiger partial charge in [0.05, 0.1) is 18.3 Å². The normalized spacial score (nSPS) is 11.6. The molecule has 0 bridgehead atoms. The quantitative estimate of drug-likeness (QED) is 0.685. The molecule has 2 N–H and O–H groups in total. The molecule has 0 radical (unpaired) electrons. The number of nitrogens with zero attached hydrogens (tertiary/aromatic N) is 1. The number of halogens is 1. The summed E-state index contributed by atoms with van der Waals surface area (Å²) in [5.41, 5.74) is 2.11. The van der Waals surface area contributed by atoms with Crippen molar-refractivity contribution in [2.24, 2.45) is 0 Å². The molecule has 1 unspecified atom stereocenters. The monoisotopic (exact) mass is 349 g/mol. The average molecular weight is 349 g/mol. The van der Waals surface area contributed by atoms with E-state index in [4.69, 9.17) is 0 Å². The summed E-state index contributed by atoms with van der Waals surface area (Å²) in [4.78, 5) is 16.4. The van der Waals surface area contributed by atoms with Gasteiger partial charge in [0.2, 0.25) is 5.91 Å². The Morgan fingerprint density at radius 2 is 1.77 bits per heavy atom. The minimum atomic E-state index is -0.379. The van der Waals surface area contributed by atoms with Crippen LogP contribution in [0.25, 0.3) is 0 Å². The van der Waals surface area contributed by atoms with Crippen LogP contribution in [0.1, 0.15) is 24.1 Å². The zero-order valence-electron chi connectivity index (χ0n) is 14.4. The van der Waals surface area contributed by atoms with Gasteiger partial charge in [-0.05, 0) is 36.2 Å². The number of carbonyl (C=O) groups is 1. The molecule has 1 atom stereocenters. The first kappa shape index (κ1) is 17.6. The smallest absolute Gasteiger partial charge is 0.228 e. The van der Waals surface area contributed by atoms with Gasteiger partial charge in [0.15, 0.2) is 0 Å². The van der Waals surface area contributed by atoms with Crippen LogP contribution in [0, 0.1) is 5.82 Å². The lowest BCUT2D eigenvalue weighted by molar-refractivity contribution is -0.115. The zero-order chi connectivity index (χ0) is 18.4. The van der Waals surface area contributed by atoms with E-state index >= 15 is 0 Å². The Balaban J connectivity index is 1.57. The van der Waals surface area contributed by atoms with Crippen LogP contribution in [0.3, 0.4) is 0 Å². The number of anilines is 2. The Labute approximate surface area is 152 Å². The zero-order valence-corrected chi connectivity index (χ0v) is 14.4. The number of aromatic nitrogens is 1. The first-order valence-electron chi connectivity index (χ1n) is 8.42. The summed E-state index contributed by atoms with van der Waals surface area (Å²) in [6.07, 6.45) is 1.57. The molecule has 0 saturated heterocycles. The second kappa shape index (κ2) is 8.25. The molecule has 0 fully saturated rings. The summed E-state index contributed by atoms with van der Waals surface area (Å²) in [5, 5.41) is 6.05. The maximum atomic E-state index is 13.6. The van der Waals surface area contributed by atoms with E-state index in [-0.39, 0.29) is 24.2 Å². The van der Waals surface area contributed by atoms with Crippen molar-refractivity contribution in [1.29, 1.82) is 0 Å². The Hall–Kier alpha value is -3.21. The molecule has 3 aromatic rings. The van der Waals surface area contributed by atoms with Crippen LogP contribution in [-0.4, -0.2) is 10.9 Å². The summed E-state index contributed by atoms with van der Waals surface area (Å²) in [7, 11) is 0. The number of hydrogen-bond donors (Lipinski definition) is 2. The molecule has 0 aliphatic rings. The van der Waals surface area contributed by atoms with E-state index in [1.54, 1.807) is 36.5 Å². The third-order valence-electron chi connectivity index (χ3n) is 4.02. The van der Waals surface area contributed by atoms with Crippen molar-refractivity contribution in [2.45, 2.75) is 19.4 Å². The molecule has 4 nitrogen and oxygen atoms in total. The Kier molecular flexibility index (Phi) is 5.59. The van der Waals surface area contributed by atoms with E-state index in [9.17, 15) is 9.18 Å². The number of amides is 1. The number of rotatable bonds is 6. The standard InChI is InChI=1S/C21H20FN3O/c1-15(16-7-3-2-4-8-16)24-20-12-11-18(14-23-20)25-21(26)13-17-9-5-6-10-19(17)22/h2-12,14-15H,13H2,1H3,(H,23,24)(H,25,26). The van der Waals surface area contributed by atoms with Gasteiger partial charge in [0.1, 0.15) is 11.6 Å². The van der Waals surface area contributed by atoms with Gasteiger partial charge < -0.3 is 10.6 Å². The molecule has 3 rings (SSSR count). The second-order valence-electron chi connectivity index (χ2n) is 6.03. The van der Waals surface area contributed by atoms with Gasteiger partial charge in [-0.15, -0.1) is 0 Å². The summed E-state index contributed by atoms with van der Waals surface area (Å²) in [6, 6.07) is 20.0. The molecule has 0 aliphatic carbocycles. The molecule has 132 valence electrons. The van der Waals surface area contributed by atoms with Gasteiger partial charge in [0.25, 0.3) is 0 Å². The van der Waals surface area contributed by atoms with E-state index < -0.39 is 0 Å². The molecule has 2 aromatic carbocycles. The van der Waals surface area contributed by atoms with E-state index in [1.165, 1.54) is 6.07 Å². The minimum absolute atomic E-state index is 0.0162. The Bertz CT molecular complexity index is 866. The fourth-order valence-electron chi connectivity index (χ4n) is 2.62. The highest BCUT2D eigenvalue weighted by Gasteiger charge is 2.09. The van der Waals surface area contributed by atoms with Crippen molar-refractivity contribution in [3.05, 3.63) is 89.9 Å². The van der Waals surface area contributed by atoms with Crippen molar-refractivity contribution >= 4 is 17.4 Å². The molecule has 5 heteroatoms. The summed E-state index contributed by atoms with van der Waals surface area (Å²) in [6.45, 7) is 2.06. The Morgan fingerprint density at radius 3 is 2.46 bits per heavy atom. The van der Waals surface area contributed by atoms with E-state index in [0.29, 0.717) is 17.1 Å². The molecule has 0 spiro atoms. The van der Waals surface area contributed by atoms with Crippen LogP contribution in [0.2, 0.25) is 0 Å². The number of hydrogen-bond acceptors (Lipinski definition) is 3. The molecule has 1 aromatic heterocycles. The predicted octanol–water partition coefficient (Wildman–Crippen LogP) is 4.58. The van der Waals surface area contributed by atoms with Gasteiger partial charge in [-0.1, -0.05) is 48.5 Å². The largest absolute Gasteiger partial charge is 0.364 e. The molecule has 1 amide bonds. The number of benzene rings is 2. The summed E-state index contributed by atoms with van der Waals surface area (Å²) >= 11 is 0. The topological polar surface area (TPSA) is 54.0 Å². The lowest BCUT2D eigenvalue weighted by atomic mass is 10.1. The van der Waals surface area contributed by atoms with Crippen molar-refractivity contribution in [3.63, 3.8) is 0 Å². The number of nitrogens with one attached hydrogen (secondary N) is 2. The van der Waals surface area contributed by atoms with Crippen molar-refractivity contribution in [3.8, 4) is 0 Å². The molecular formula is C21H20FN3O. The van der Waals surface area contributed by atoms with Gasteiger partial charge >= 0.3 is 0 Å². The highest BCUT2D eigenvalue weighted by atomic mass is 19.1. The molecule has 0 aliphatic heterocycles. The third kappa shape index (κ3) is 4.66. The van der Waals surface area contributed by atoms with Crippen LogP contribution < -0.4 is 10.6 Å². The average Bonchev–Trinajstić information content (AvgIpc) is 2.66. The second-order valence-corrected chi connectivity index (χ2v) is 6.03. The van der Waals surface area contributed by atoms with E-state index in [1.807, 2.05) is 18.2 Å².